The first kappa shape index (κ1) is 12.0. The molecule has 0 nitrogen and oxygen atoms in total. The van der Waals surface area contributed by atoms with E-state index in [1.165, 1.54) is 66.5 Å². The molecule has 0 saturated carbocycles. The summed E-state index contributed by atoms with van der Waals surface area (Å²) in [6, 6.07) is 0. The molecule has 0 aliphatic heterocycles. The van der Waals surface area contributed by atoms with E-state index in [-0.39, 0.29) is 0 Å². The molecule has 0 bridgehead atoms. The van der Waals surface area contributed by atoms with Crippen molar-refractivity contribution in [3.05, 3.63) is 0 Å². The van der Waals surface area contributed by atoms with Gasteiger partial charge in [-0.1, -0.05) is 0 Å². The fourth-order valence-electron chi connectivity index (χ4n) is 1.41. The van der Waals surface area contributed by atoms with Gasteiger partial charge in [0.05, 0.1) is 0 Å². The van der Waals surface area contributed by atoms with E-state index in [4.69, 9.17) is 0 Å². The van der Waals surface area contributed by atoms with Crippen molar-refractivity contribution in [2.24, 2.45) is 0 Å². The molecule has 0 spiro atoms. The molecule has 0 aliphatic carbocycles. The summed E-state index contributed by atoms with van der Waals surface area (Å²) in [5.74, 6) is 0. The van der Waals surface area contributed by atoms with Gasteiger partial charge in [-0.2, -0.15) is 0 Å². The second kappa shape index (κ2) is 6.51. The van der Waals surface area contributed by atoms with Crippen LogP contribution in [0.25, 0.3) is 0 Å². The van der Waals surface area contributed by atoms with E-state index in [1.54, 1.807) is 0 Å². The molecule has 62 valence electrons. The van der Waals surface area contributed by atoms with Crippen LogP contribution in [0.1, 0.15) is 59.3 Å². The average Bonchev–Trinajstić information content (AvgIpc) is 2.05. The van der Waals surface area contributed by atoms with Gasteiger partial charge in [-0.15, -0.1) is 0 Å². The quantitative estimate of drug-likeness (QED) is 0.414. The Kier molecular flexibility index (Phi) is 7.10. The molecule has 0 aromatic heterocycles. The standard InChI is InChI=1S/C10H21.Na/c1-4-7-8-9-10(5-2)6-3;/h4-9H2,1-3H3;. The summed E-state index contributed by atoms with van der Waals surface area (Å²) in [6.07, 6.45) is 8.55. The van der Waals surface area contributed by atoms with Crippen LogP contribution in [0.5, 0.6) is 0 Å². The van der Waals surface area contributed by atoms with Crippen molar-refractivity contribution in [1.82, 2.24) is 0 Å². The second-order valence-electron chi connectivity index (χ2n) is 3.97. The summed E-state index contributed by atoms with van der Waals surface area (Å²) in [4.78, 5) is 0. The van der Waals surface area contributed by atoms with Crippen LogP contribution < -0.4 is 0 Å². The fraction of sp³-hybridized carbons (Fsp3) is 1.00. The molecule has 0 atom stereocenters. The monoisotopic (exact) mass is 164 g/mol. The Balaban J connectivity index is 3.51. The molecule has 0 fully saturated rings. The van der Waals surface area contributed by atoms with Crippen molar-refractivity contribution in [2.75, 3.05) is 0 Å². The van der Waals surface area contributed by atoms with Crippen molar-refractivity contribution in [3.63, 3.8) is 0 Å². The molecule has 1 heteroatoms. The molecule has 0 amide bonds. The summed E-state index contributed by atoms with van der Waals surface area (Å²) in [5, 5.41) is 0. The summed E-state index contributed by atoms with van der Waals surface area (Å²) in [5.41, 5.74) is 0. The Bertz CT molecular complexity index is 84.9. The van der Waals surface area contributed by atoms with Crippen molar-refractivity contribution < 1.29 is 0 Å². The van der Waals surface area contributed by atoms with E-state index in [1.807, 2.05) is 0 Å². The minimum atomic E-state index is 0.773. The molecule has 0 radical (unpaired) electrons. The molecular formula is C10H21Na. The molecule has 0 aromatic rings. The van der Waals surface area contributed by atoms with Crippen molar-refractivity contribution >= 4 is 27.9 Å². The number of hydrogen-bond acceptors (Lipinski definition) is 0. The van der Waals surface area contributed by atoms with Gasteiger partial charge in [-0.25, -0.2) is 0 Å². The Morgan fingerprint density at radius 1 is 1.00 bits per heavy atom. The maximum absolute atomic E-state index is 2.35. The van der Waals surface area contributed by atoms with Gasteiger partial charge in [0.15, 0.2) is 0 Å². The molecule has 0 unspecified atom stereocenters. The second-order valence-corrected chi connectivity index (χ2v) is 6.10. The zero-order valence-electron chi connectivity index (χ0n) is 8.74. The van der Waals surface area contributed by atoms with Crippen LogP contribution >= 0.6 is 0 Å². The summed E-state index contributed by atoms with van der Waals surface area (Å²) < 4.78 is 0.773. The molecular weight excluding hydrogens is 143 g/mol. The van der Waals surface area contributed by atoms with E-state index in [0.717, 1.165) is 2.66 Å². The van der Waals surface area contributed by atoms with Gasteiger partial charge in [0.1, 0.15) is 0 Å². The predicted molar refractivity (Wildman–Crippen MR) is 53.2 cm³/mol. The third-order valence-electron chi connectivity index (χ3n) is 3.09. The SMILES string of the molecule is CCCCC[C]([Na])(CC)CC. The van der Waals surface area contributed by atoms with E-state index in [0.29, 0.717) is 0 Å². The van der Waals surface area contributed by atoms with Crippen LogP contribution in [-0.4, -0.2) is 27.9 Å². The van der Waals surface area contributed by atoms with Gasteiger partial charge in [-0.05, 0) is 0 Å². The average molecular weight is 164 g/mol. The Morgan fingerprint density at radius 2 is 1.55 bits per heavy atom. The Hall–Kier alpha value is 1.00. The van der Waals surface area contributed by atoms with Gasteiger partial charge in [-0.3, -0.25) is 0 Å². The molecule has 0 aliphatic rings. The normalized spacial score (nSPS) is 12.1. The van der Waals surface area contributed by atoms with Crippen LogP contribution in [0.3, 0.4) is 0 Å². The van der Waals surface area contributed by atoms with Crippen LogP contribution in [0.2, 0.25) is 2.66 Å². The first-order valence-electron chi connectivity index (χ1n) is 5.18. The van der Waals surface area contributed by atoms with E-state index < -0.39 is 0 Å². The predicted octanol–water partition coefficient (Wildman–Crippen LogP) is 3.71. The van der Waals surface area contributed by atoms with E-state index in [9.17, 15) is 0 Å². The van der Waals surface area contributed by atoms with Gasteiger partial charge in [0, 0.05) is 0 Å². The van der Waals surface area contributed by atoms with Gasteiger partial charge in [0.2, 0.25) is 0 Å². The molecule has 0 rings (SSSR count). The van der Waals surface area contributed by atoms with Gasteiger partial charge >= 0.3 is 89.9 Å². The van der Waals surface area contributed by atoms with Crippen LogP contribution in [0.4, 0.5) is 0 Å². The molecule has 0 saturated heterocycles. The maximum atomic E-state index is 2.35. The summed E-state index contributed by atoms with van der Waals surface area (Å²) in [6.45, 7) is 6.98. The minimum absolute atomic E-state index is 0.773. The van der Waals surface area contributed by atoms with Crippen molar-refractivity contribution in [2.45, 2.75) is 62.0 Å². The van der Waals surface area contributed by atoms with Gasteiger partial charge < -0.3 is 0 Å². The Labute approximate surface area is 89.6 Å². The molecule has 0 aromatic carbocycles. The molecule has 0 heterocycles. The number of hydrogen-bond donors (Lipinski definition) is 0. The zero-order chi connectivity index (χ0) is 8.74. The first-order valence-corrected chi connectivity index (χ1v) is 6.18. The first-order chi connectivity index (χ1) is 5.18. The van der Waals surface area contributed by atoms with Gasteiger partial charge in [0.25, 0.3) is 0 Å². The molecule has 0 N–H and O–H groups in total. The van der Waals surface area contributed by atoms with E-state index in [2.05, 4.69) is 20.8 Å². The molecule has 11 heavy (non-hydrogen) atoms. The number of unbranched alkanes of at least 4 members (excludes halogenated alkanes) is 2. The summed E-state index contributed by atoms with van der Waals surface area (Å²) in [7, 11) is 0. The number of rotatable bonds is 6. The summed E-state index contributed by atoms with van der Waals surface area (Å²) >= 11 is 1.39. The van der Waals surface area contributed by atoms with Crippen LogP contribution in [0, 0.1) is 0 Å². The topological polar surface area (TPSA) is 0 Å². The van der Waals surface area contributed by atoms with Crippen molar-refractivity contribution in [3.8, 4) is 0 Å². The van der Waals surface area contributed by atoms with E-state index >= 15 is 0 Å². The van der Waals surface area contributed by atoms with Crippen molar-refractivity contribution in [1.29, 1.82) is 0 Å². The fourth-order valence-corrected chi connectivity index (χ4v) is 1.76. The Morgan fingerprint density at radius 3 is 1.91 bits per heavy atom. The third-order valence-corrected chi connectivity index (χ3v) is 5.01. The third kappa shape index (κ3) is 5.27. The van der Waals surface area contributed by atoms with Crippen LogP contribution in [0.15, 0.2) is 0 Å². The zero-order valence-corrected chi connectivity index (χ0v) is 10.7. The van der Waals surface area contributed by atoms with Crippen LogP contribution in [-0.2, 0) is 0 Å².